The number of anilines is 1. The Morgan fingerprint density at radius 1 is 1.20 bits per heavy atom. The van der Waals surface area contributed by atoms with Gasteiger partial charge in [-0.05, 0) is 36.1 Å². The Kier molecular flexibility index (Phi) is 3.55. The average Bonchev–Trinajstić information content (AvgIpc) is 2.53. The van der Waals surface area contributed by atoms with Gasteiger partial charge in [0, 0.05) is 17.8 Å². The molecular formula is C18H19NO. The second-order valence-electron chi connectivity index (χ2n) is 5.27. The molecule has 0 aliphatic carbocycles. The number of ketones is 1. The van der Waals surface area contributed by atoms with E-state index in [0.29, 0.717) is 0 Å². The normalized spacial score (nSPS) is 17.1. The molecule has 0 radical (unpaired) electrons. The first-order valence-corrected chi connectivity index (χ1v) is 7.25. The van der Waals surface area contributed by atoms with Gasteiger partial charge in [0.05, 0.1) is 5.92 Å². The summed E-state index contributed by atoms with van der Waals surface area (Å²) in [5.41, 5.74) is 4.29. The Bertz CT molecular complexity index is 633. The first kappa shape index (κ1) is 12.9. The number of carbonyl (C=O) groups excluding carboxylic acids is 1. The third-order valence-corrected chi connectivity index (χ3v) is 4.02. The van der Waals surface area contributed by atoms with Crippen LogP contribution in [0.1, 0.15) is 40.7 Å². The van der Waals surface area contributed by atoms with Crippen molar-refractivity contribution in [2.45, 2.75) is 25.7 Å². The zero-order chi connectivity index (χ0) is 13.9. The number of para-hydroxylation sites is 1. The van der Waals surface area contributed by atoms with Crippen LogP contribution in [0.3, 0.4) is 0 Å². The van der Waals surface area contributed by atoms with Crippen LogP contribution in [-0.2, 0) is 6.42 Å². The van der Waals surface area contributed by atoms with Crippen molar-refractivity contribution in [2.75, 3.05) is 11.9 Å². The molecule has 2 aromatic rings. The van der Waals surface area contributed by atoms with Gasteiger partial charge in [-0.3, -0.25) is 4.79 Å². The van der Waals surface area contributed by atoms with Crippen molar-refractivity contribution in [3.63, 3.8) is 0 Å². The van der Waals surface area contributed by atoms with E-state index in [-0.39, 0.29) is 11.7 Å². The summed E-state index contributed by atoms with van der Waals surface area (Å²) in [7, 11) is 0. The number of fused-ring (bicyclic) bond motifs is 1. The molecule has 0 spiro atoms. The molecule has 2 nitrogen and oxygen atoms in total. The molecule has 1 heterocycles. The minimum atomic E-state index is -0.0143. The molecule has 3 rings (SSSR count). The number of hydrogen-bond acceptors (Lipinski definition) is 2. The van der Waals surface area contributed by atoms with Crippen molar-refractivity contribution in [1.29, 1.82) is 0 Å². The molecule has 0 saturated carbocycles. The van der Waals surface area contributed by atoms with Crippen LogP contribution in [0.2, 0.25) is 0 Å². The van der Waals surface area contributed by atoms with Crippen LogP contribution in [0.25, 0.3) is 0 Å². The topological polar surface area (TPSA) is 29.1 Å². The molecule has 1 atom stereocenters. The van der Waals surface area contributed by atoms with Gasteiger partial charge in [-0.2, -0.15) is 0 Å². The van der Waals surface area contributed by atoms with Gasteiger partial charge in [0.1, 0.15) is 0 Å². The summed E-state index contributed by atoms with van der Waals surface area (Å²) in [6.07, 6.45) is 1.83. The fourth-order valence-electron chi connectivity index (χ4n) is 2.89. The van der Waals surface area contributed by atoms with E-state index >= 15 is 0 Å². The Morgan fingerprint density at radius 3 is 2.90 bits per heavy atom. The van der Waals surface area contributed by atoms with Crippen molar-refractivity contribution in [3.05, 3.63) is 65.2 Å². The van der Waals surface area contributed by atoms with Crippen LogP contribution in [0, 0.1) is 0 Å². The van der Waals surface area contributed by atoms with Crippen molar-refractivity contribution < 1.29 is 4.79 Å². The molecule has 0 amide bonds. The predicted molar refractivity (Wildman–Crippen MR) is 82.4 cm³/mol. The predicted octanol–water partition coefficient (Wildman–Crippen LogP) is 4.03. The highest BCUT2D eigenvalue weighted by Crippen LogP contribution is 2.33. The summed E-state index contributed by atoms with van der Waals surface area (Å²) in [6, 6.07) is 16.2. The molecule has 20 heavy (non-hydrogen) atoms. The minimum Gasteiger partial charge on any atom is -0.385 e. The highest BCUT2D eigenvalue weighted by Gasteiger charge is 2.26. The van der Waals surface area contributed by atoms with E-state index in [2.05, 4.69) is 30.4 Å². The molecule has 1 aliphatic rings. The van der Waals surface area contributed by atoms with Gasteiger partial charge in [-0.15, -0.1) is 0 Å². The minimum absolute atomic E-state index is 0.0143. The van der Waals surface area contributed by atoms with Gasteiger partial charge in [-0.25, -0.2) is 0 Å². The molecule has 0 aromatic heterocycles. The maximum Gasteiger partial charge on any atom is 0.170 e. The molecule has 0 fully saturated rings. The molecule has 2 aromatic carbocycles. The molecular weight excluding hydrogens is 246 g/mol. The van der Waals surface area contributed by atoms with E-state index in [0.717, 1.165) is 36.2 Å². The summed E-state index contributed by atoms with van der Waals surface area (Å²) in [6.45, 7) is 2.98. The second-order valence-corrected chi connectivity index (χ2v) is 5.27. The lowest BCUT2D eigenvalue weighted by Crippen LogP contribution is -2.23. The molecule has 1 aliphatic heterocycles. The van der Waals surface area contributed by atoms with Gasteiger partial charge in [0.15, 0.2) is 5.78 Å². The van der Waals surface area contributed by atoms with Crippen molar-refractivity contribution in [1.82, 2.24) is 0 Å². The van der Waals surface area contributed by atoms with Gasteiger partial charge in [0.2, 0.25) is 0 Å². The first-order valence-electron chi connectivity index (χ1n) is 7.25. The number of nitrogens with one attached hydrogen (secondary N) is 1. The number of aryl methyl sites for hydroxylation is 1. The second kappa shape index (κ2) is 5.49. The highest BCUT2D eigenvalue weighted by atomic mass is 16.1. The Labute approximate surface area is 119 Å². The number of hydrogen-bond donors (Lipinski definition) is 1. The lowest BCUT2D eigenvalue weighted by Gasteiger charge is -2.25. The molecule has 0 saturated heterocycles. The summed E-state index contributed by atoms with van der Waals surface area (Å²) in [4.78, 5) is 12.8. The van der Waals surface area contributed by atoms with Crippen molar-refractivity contribution in [2.24, 2.45) is 0 Å². The number of Topliss-reactive ketones (excluding diaryl/α,β-unsaturated/α-hetero) is 1. The monoisotopic (exact) mass is 265 g/mol. The lowest BCUT2D eigenvalue weighted by atomic mass is 9.84. The fourth-order valence-corrected chi connectivity index (χ4v) is 2.89. The number of rotatable bonds is 3. The molecule has 0 bridgehead atoms. The quantitative estimate of drug-likeness (QED) is 0.849. The van der Waals surface area contributed by atoms with E-state index in [4.69, 9.17) is 0 Å². The van der Waals surface area contributed by atoms with Gasteiger partial charge < -0.3 is 5.32 Å². The SMILES string of the molecule is CCc1cccc(C(=O)C2CCNc3ccccc32)c1. The molecule has 2 heteroatoms. The van der Waals surface area contributed by atoms with E-state index in [9.17, 15) is 4.79 Å². The third kappa shape index (κ3) is 2.34. The Hall–Kier alpha value is -2.09. The lowest BCUT2D eigenvalue weighted by molar-refractivity contribution is 0.0955. The largest absolute Gasteiger partial charge is 0.385 e. The van der Waals surface area contributed by atoms with Crippen LogP contribution in [0.5, 0.6) is 0 Å². The smallest absolute Gasteiger partial charge is 0.170 e. The molecule has 1 N–H and O–H groups in total. The van der Waals surface area contributed by atoms with E-state index in [1.54, 1.807) is 0 Å². The maximum atomic E-state index is 12.8. The average molecular weight is 265 g/mol. The van der Waals surface area contributed by atoms with E-state index < -0.39 is 0 Å². The zero-order valence-electron chi connectivity index (χ0n) is 11.7. The summed E-state index contributed by atoms with van der Waals surface area (Å²) >= 11 is 0. The van der Waals surface area contributed by atoms with Gasteiger partial charge in [-0.1, -0.05) is 43.3 Å². The maximum absolute atomic E-state index is 12.8. The van der Waals surface area contributed by atoms with Crippen LogP contribution < -0.4 is 5.32 Å². The Morgan fingerprint density at radius 2 is 2.05 bits per heavy atom. The van der Waals surface area contributed by atoms with E-state index in [1.165, 1.54) is 5.56 Å². The highest BCUT2D eigenvalue weighted by molar-refractivity contribution is 6.02. The van der Waals surface area contributed by atoms with Crippen molar-refractivity contribution >= 4 is 11.5 Å². The van der Waals surface area contributed by atoms with Crippen LogP contribution >= 0.6 is 0 Å². The first-order chi connectivity index (χ1) is 9.79. The van der Waals surface area contributed by atoms with Crippen molar-refractivity contribution in [3.8, 4) is 0 Å². The van der Waals surface area contributed by atoms with E-state index in [1.807, 2.05) is 30.3 Å². The number of carbonyl (C=O) groups is 1. The summed E-state index contributed by atoms with van der Waals surface area (Å²) in [5, 5.41) is 3.37. The summed E-state index contributed by atoms with van der Waals surface area (Å²) < 4.78 is 0. The van der Waals surface area contributed by atoms with Gasteiger partial charge >= 0.3 is 0 Å². The zero-order valence-corrected chi connectivity index (χ0v) is 11.7. The molecule has 102 valence electrons. The summed E-state index contributed by atoms with van der Waals surface area (Å²) in [5.74, 6) is 0.230. The van der Waals surface area contributed by atoms with Crippen LogP contribution in [-0.4, -0.2) is 12.3 Å². The number of benzene rings is 2. The standard InChI is InChI=1S/C18H19NO/c1-2-13-6-5-7-14(12-13)18(20)16-10-11-19-17-9-4-3-8-15(16)17/h3-9,12,16,19H,2,10-11H2,1H3. The third-order valence-electron chi connectivity index (χ3n) is 4.02. The fraction of sp³-hybridized carbons (Fsp3) is 0.278. The van der Waals surface area contributed by atoms with Crippen LogP contribution in [0.4, 0.5) is 5.69 Å². The Balaban J connectivity index is 1.95. The van der Waals surface area contributed by atoms with Gasteiger partial charge in [0.25, 0.3) is 0 Å². The van der Waals surface area contributed by atoms with Crippen LogP contribution in [0.15, 0.2) is 48.5 Å². The molecule has 1 unspecified atom stereocenters.